The van der Waals surface area contributed by atoms with Crippen LogP contribution in [0.2, 0.25) is 0 Å². The van der Waals surface area contributed by atoms with E-state index in [4.69, 9.17) is 10.9 Å². The molecular weight excluding hydrogens is 338 g/mol. The molecule has 106 valence electrons. The zero-order chi connectivity index (χ0) is 14.5. The molecule has 0 fully saturated rings. The fraction of sp³-hybridized carbons (Fsp3) is 0.214. The van der Waals surface area contributed by atoms with Crippen LogP contribution in [0.3, 0.4) is 0 Å². The molecule has 0 atom stereocenters. The third-order valence-electron chi connectivity index (χ3n) is 3.01. The summed E-state index contributed by atoms with van der Waals surface area (Å²) < 4.78 is 0.815. The molecule has 1 heterocycles. The van der Waals surface area contributed by atoms with Gasteiger partial charge in [0.2, 0.25) is 0 Å². The molecule has 0 radical (unpaired) electrons. The van der Waals surface area contributed by atoms with Crippen LogP contribution in [0.5, 0.6) is 0 Å². The highest BCUT2D eigenvalue weighted by Gasteiger charge is 2.10. The summed E-state index contributed by atoms with van der Waals surface area (Å²) in [5, 5.41) is 13.9. The van der Waals surface area contributed by atoms with E-state index in [0.717, 1.165) is 23.2 Å². The van der Waals surface area contributed by atoms with Crippen molar-refractivity contribution in [3.05, 3.63) is 50.6 Å². The molecule has 2 aromatic rings. The molecule has 6 heteroatoms. The van der Waals surface area contributed by atoms with Gasteiger partial charge in [-0.1, -0.05) is 11.2 Å². The highest BCUT2D eigenvalue weighted by atomic mass is 79.9. The first-order valence-electron chi connectivity index (χ1n) is 6.20. The smallest absolute Gasteiger partial charge is 0.171 e. The minimum absolute atomic E-state index is 0.102. The first kappa shape index (κ1) is 14.9. The van der Waals surface area contributed by atoms with E-state index >= 15 is 0 Å². The van der Waals surface area contributed by atoms with Gasteiger partial charge in [0.25, 0.3) is 0 Å². The van der Waals surface area contributed by atoms with Gasteiger partial charge < -0.3 is 15.8 Å². The summed E-state index contributed by atoms with van der Waals surface area (Å²) in [6, 6.07) is 10.0. The van der Waals surface area contributed by atoms with Crippen molar-refractivity contribution in [2.75, 3.05) is 11.4 Å². The van der Waals surface area contributed by atoms with Crippen molar-refractivity contribution in [2.45, 2.75) is 13.5 Å². The summed E-state index contributed by atoms with van der Waals surface area (Å²) in [6.07, 6.45) is 0. The van der Waals surface area contributed by atoms with E-state index in [1.165, 1.54) is 4.88 Å². The predicted molar refractivity (Wildman–Crippen MR) is 87.7 cm³/mol. The number of rotatable bonds is 5. The highest BCUT2D eigenvalue weighted by molar-refractivity contribution is 9.10. The van der Waals surface area contributed by atoms with Gasteiger partial charge >= 0.3 is 0 Å². The van der Waals surface area contributed by atoms with Gasteiger partial charge in [-0.15, -0.1) is 11.3 Å². The lowest BCUT2D eigenvalue weighted by molar-refractivity contribution is 0.318. The van der Waals surface area contributed by atoms with Crippen LogP contribution in [-0.2, 0) is 6.54 Å². The van der Waals surface area contributed by atoms with Crippen LogP contribution in [0, 0.1) is 0 Å². The number of anilines is 1. The van der Waals surface area contributed by atoms with Crippen LogP contribution in [0.15, 0.2) is 45.3 Å². The molecule has 4 nitrogen and oxygen atoms in total. The summed E-state index contributed by atoms with van der Waals surface area (Å²) in [5.41, 5.74) is 7.40. The summed E-state index contributed by atoms with van der Waals surface area (Å²) in [6.45, 7) is 3.91. The Bertz CT molecular complexity index is 598. The van der Waals surface area contributed by atoms with Crippen molar-refractivity contribution in [3.63, 3.8) is 0 Å². The average molecular weight is 354 g/mol. The average Bonchev–Trinajstić information content (AvgIpc) is 2.96. The molecule has 0 saturated heterocycles. The normalized spacial score (nSPS) is 11.6. The third kappa shape index (κ3) is 3.32. The van der Waals surface area contributed by atoms with Crippen LogP contribution < -0.4 is 10.6 Å². The lowest BCUT2D eigenvalue weighted by atomic mass is 10.1. The van der Waals surface area contributed by atoms with Crippen molar-refractivity contribution in [1.29, 1.82) is 0 Å². The van der Waals surface area contributed by atoms with Gasteiger partial charge in [0.15, 0.2) is 5.84 Å². The standard InChI is InChI=1S/C14H16BrN3OS/c1-2-18(9-11-4-3-7-20-11)10-5-6-12(13(15)8-10)14(16)17-19/h3-8,19H,2,9H2,1H3,(H2,16,17). The van der Waals surface area contributed by atoms with E-state index in [1.807, 2.05) is 18.2 Å². The van der Waals surface area contributed by atoms with Crippen LogP contribution in [0.4, 0.5) is 5.69 Å². The summed E-state index contributed by atoms with van der Waals surface area (Å²) in [7, 11) is 0. The van der Waals surface area contributed by atoms with Gasteiger partial charge in [-0.05, 0) is 52.5 Å². The van der Waals surface area contributed by atoms with Crippen molar-refractivity contribution >= 4 is 38.8 Å². The largest absolute Gasteiger partial charge is 0.409 e. The first-order valence-corrected chi connectivity index (χ1v) is 7.87. The molecule has 0 aliphatic carbocycles. The zero-order valence-corrected chi connectivity index (χ0v) is 13.5. The minimum Gasteiger partial charge on any atom is -0.409 e. The highest BCUT2D eigenvalue weighted by Crippen LogP contribution is 2.26. The van der Waals surface area contributed by atoms with E-state index < -0.39 is 0 Å². The Morgan fingerprint density at radius 1 is 1.45 bits per heavy atom. The molecule has 3 N–H and O–H groups in total. The molecule has 0 spiro atoms. The second-order valence-corrected chi connectivity index (χ2v) is 6.13. The molecule has 1 aromatic carbocycles. The summed E-state index contributed by atoms with van der Waals surface area (Å²) >= 11 is 5.22. The number of hydrogen-bond acceptors (Lipinski definition) is 4. The van der Waals surface area contributed by atoms with E-state index in [-0.39, 0.29) is 5.84 Å². The van der Waals surface area contributed by atoms with Gasteiger partial charge in [0, 0.05) is 27.1 Å². The molecule has 2 rings (SSSR count). The van der Waals surface area contributed by atoms with Crippen LogP contribution in [0.25, 0.3) is 0 Å². The predicted octanol–water partition coefficient (Wildman–Crippen LogP) is 3.63. The topological polar surface area (TPSA) is 61.8 Å². The minimum atomic E-state index is 0.102. The molecule has 0 aliphatic rings. The number of halogens is 1. The molecule has 0 amide bonds. The number of amidine groups is 1. The van der Waals surface area contributed by atoms with E-state index in [1.54, 1.807) is 11.3 Å². The van der Waals surface area contributed by atoms with Crippen LogP contribution in [0.1, 0.15) is 17.4 Å². The fourth-order valence-electron chi connectivity index (χ4n) is 1.94. The summed E-state index contributed by atoms with van der Waals surface area (Å²) in [4.78, 5) is 3.59. The van der Waals surface area contributed by atoms with Gasteiger partial charge in [0.1, 0.15) is 0 Å². The molecular formula is C14H16BrN3OS. The monoisotopic (exact) mass is 353 g/mol. The van der Waals surface area contributed by atoms with Crippen molar-refractivity contribution < 1.29 is 5.21 Å². The number of benzene rings is 1. The number of nitrogens with zero attached hydrogens (tertiary/aromatic N) is 2. The van der Waals surface area contributed by atoms with E-state index in [2.05, 4.69) is 50.4 Å². The quantitative estimate of drug-likeness (QED) is 0.373. The van der Waals surface area contributed by atoms with Crippen molar-refractivity contribution in [1.82, 2.24) is 0 Å². The van der Waals surface area contributed by atoms with Gasteiger partial charge in [-0.25, -0.2) is 0 Å². The fourth-order valence-corrected chi connectivity index (χ4v) is 3.23. The van der Waals surface area contributed by atoms with Gasteiger partial charge in [-0.3, -0.25) is 0 Å². The molecule has 20 heavy (non-hydrogen) atoms. The molecule has 0 saturated carbocycles. The Morgan fingerprint density at radius 2 is 2.25 bits per heavy atom. The maximum absolute atomic E-state index is 8.74. The van der Waals surface area contributed by atoms with Gasteiger partial charge in [0.05, 0.1) is 6.54 Å². The Morgan fingerprint density at radius 3 is 2.80 bits per heavy atom. The SMILES string of the molecule is CCN(Cc1cccs1)c1ccc(/C(N)=N/O)c(Br)c1. The third-order valence-corrected chi connectivity index (χ3v) is 4.53. The van der Waals surface area contributed by atoms with E-state index in [9.17, 15) is 0 Å². The Labute approximate surface area is 130 Å². The molecule has 0 aliphatic heterocycles. The second-order valence-electron chi connectivity index (χ2n) is 4.24. The molecule has 0 unspecified atom stereocenters. The van der Waals surface area contributed by atoms with Crippen molar-refractivity contribution in [2.24, 2.45) is 10.9 Å². The molecule has 0 bridgehead atoms. The van der Waals surface area contributed by atoms with Crippen molar-refractivity contribution in [3.8, 4) is 0 Å². The Hall–Kier alpha value is -1.53. The Balaban J connectivity index is 2.25. The lowest BCUT2D eigenvalue weighted by Gasteiger charge is -2.23. The van der Waals surface area contributed by atoms with Crippen LogP contribution in [-0.4, -0.2) is 17.6 Å². The van der Waals surface area contributed by atoms with Crippen LogP contribution >= 0.6 is 27.3 Å². The lowest BCUT2D eigenvalue weighted by Crippen LogP contribution is -2.22. The first-order chi connectivity index (χ1) is 9.65. The number of hydrogen-bond donors (Lipinski definition) is 2. The second kappa shape index (κ2) is 6.76. The summed E-state index contributed by atoms with van der Waals surface area (Å²) in [5.74, 6) is 0.102. The van der Waals surface area contributed by atoms with Gasteiger partial charge in [-0.2, -0.15) is 0 Å². The maximum Gasteiger partial charge on any atom is 0.171 e. The van der Waals surface area contributed by atoms with E-state index in [0.29, 0.717) is 5.56 Å². The number of nitrogens with two attached hydrogens (primary N) is 1. The zero-order valence-electron chi connectivity index (χ0n) is 11.1. The number of oxime groups is 1. The number of thiophene rings is 1. The molecule has 1 aromatic heterocycles. The maximum atomic E-state index is 8.74. The Kier molecular flexibility index (Phi) is 5.03.